The summed E-state index contributed by atoms with van der Waals surface area (Å²) in [5, 5.41) is 5.60. The molecule has 1 aromatic heterocycles. The Morgan fingerprint density at radius 2 is 2.05 bits per heavy atom. The number of nitrogens with one attached hydrogen (secondary N) is 3. The topological polar surface area (TPSA) is 108 Å². The number of pyridine rings is 1. The van der Waals surface area contributed by atoms with Crippen LogP contribution in [0.5, 0.6) is 0 Å². The third-order valence-electron chi connectivity index (χ3n) is 4.20. The zero-order valence-electron chi connectivity index (χ0n) is 12.1. The van der Waals surface area contributed by atoms with E-state index < -0.39 is 9.84 Å². The summed E-state index contributed by atoms with van der Waals surface area (Å²) in [4.78, 5) is 26.2. The second-order valence-electron chi connectivity index (χ2n) is 5.92. The number of sulfone groups is 1. The summed E-state index contributed by atoms with van der Waals surface area (Å²) in [6, 6.07) is 2.38. The van der Waals surface area contributed by atoms with Crippen LogP contribution in [0.3, 0.4) is 0 Å². The van der Waals surface area contributed by atoms with E-state index in [9.17, 15) is 18.0 Å². The standard InChI is InChI=1S/C14H19N3O4S/c18-13-5-4-10-11(16-13)2-1-3-12(10)17-14(19)15-9-6-7-22(20,21)8-9/h4-5,9,12H,1-3,6-8H2,(H,16,18)(H2,15,17,19). The Bertz CT molecular complexity index is 741. The third kappa shape index (κ3) is 3.32. The van der Waals surface area contributed by atoms with E-state index in [1.54, 1.807) is 6.07 Å². The van der Waals surface area contributed by atoms with Gasteiger partial charge in [-0.3, -0.25) is 4.79 Å². The number of fused-ring (bicyclic) bond motifs is 1. The summed E-state index contributed by atoms with van der Waals surface area (Å²) in [5.74, 6) is 0.139. The molecule has 1 aromatic rings. The molecule has 2 unspecified atom stereocenters. The molecule has 1 fully saturated rings. The van der Waals surface area contributed by atoms with Crippen LogP contribution < -0.4 is 16.2 Å². The molecule has 0 radical (unpaired) electrons. The van der Waals surface area contributed by atoms with Crippen molar-refractivity contribution < 1.29 is 13.2 Å². The van der Waals surface area contributed by atoms with Crippen molar-refractivity contribution in [3.8, 4) is 0 Å². The zero-order chi connectivity index (χ0) is 15.7. The van der Waals surface area contributed by atoms with Gasteiger partial charge in [-0.15, -0.1) is 0 Å². The van der Waals surface area contributed by atoms with Crippen LogP contribution in [0, 0.1) is 0 Å². The summed E-state index contributed by atoms with van der Waals surface area (Å²) in [7, 11) is -3.01. The second kappa shape index (κ2) is 5.75. The Labute approximate surface area is 128 Å². The number of aromatic nitrogens is 1. The molecule has 2 atom stereocenters. The molecule has 1 saturated heterocycles. The fourth-order valence-electron chi connectivity index (χ4n) is 3.14. The van der Waals surface area contributed by atoms with E-state index in [4.69, 9.17) is 0 Å². The number of carbonyl (C=O) groups excluding carboxylic acids is 1. The minimum absolute atomic E-state index is 0.00892. The lowest BCUT2D eigenvalue weighted by atomic mass is 9.91. The monoisotopic (exact) mass is 325 g/mol. The van der Waals surface area contributed by atoms with Crippen molar-refractivity contribution in [2.24, 2.45) is 0 Å². The SMILES string of the molecule is O=C(NC1CCS(=O)(=O)C1)NC1CCCc2[nH]c(=O)ccc21. The van der Waals surface area contributed by atoms with Crippen LogP contribution in [0.4, 0.5) is 4.79 Å². The van der Waals surface area contributed by atoms with E-state index in [1.165, 1.54) is 6.07 Å². The normalized spacial score (nSPS) is 26.2. The number of H-pyrrole nitrogens is 1. The number of aromatic amines is 1. The second-order valence-corrected chi connectivity index (χ2v) is 8.15. The molecule has 0 saturated carbocycles. The number of aryl methyl sites for hydroxylation is 1. The van der Waals surface area contributed by atoms with Crippen molar-refractivity contribution >= 4 is 15.9 Å². The Hall–Kier alpha value is -1.83. The highest BCUT2D eigenvalue weighted by Gasteiger charge is 2.30. The Kier molecular flexibility index (Phi) is 3.94. The highest BCUT2D eigenvalue weighted by atomic mass is 32.2. The van der Waals surface area contributed by atoms with Crippen molar-refractivity contribution in [2.45, 2.75) is 37.8 Å². The number of urea groups is 1. The maximum absolute atomic E-state index is 12.1. The number of hydrogen-bond acceptors (Lipinski definition) is 4. The lowest BCUT2D eigenvalue weighted by Crippen LogP contribution is -2.44. The molecule has 1 aliphatic carbocycles. The van der Waals surface area contributed by atoms with Gasteiger partial charge in [0.05, 0.1) is 17.5 Å². The number of rotatable bonds is 2. The van der Waals surface area contributed by atoms with Gasteiger partial charge < -0.3 is 15.6 Å². The number of hydrogen-bond donors (Lipinski definition) is 3. The van der Waals surface area contributed by atoms with Gasteiger partial charge in [0, 0.05) is 17.8 Å². The van der Waals surface area contributed by atoms with E-state index in [1.807, 2.05) is 0 Å². The molecule has 120 valence electrons. The average Bonchev–Trinajstić information content (AvgIpc) is 2.77. The smallest absolute Gasteiger partial charge is 0.315 e. The highest BCUT2D eigenvalue weighted by Crippen LogP contribution is 2.27. The first-order valence-electron chi connectivity index (χ1n) is 7.42. The predicted octanol–water partition coefficient (Wildman–Crippen LogP) is 0.239. The van der Waals surface area contributed by atoms with Crippen molar-refractivity contribution in [3.05, 3.63) is 33.7 Å². The van der Waals surface area contributed by atoms with Crippen LogP contribution in [0.1, 0.15) is 36.6 Å². The van der Waals surface area contributed by atoms with Crippen molar-refractivity contribution in [2.75, 3.05) is 11.5 Å². The Morgan fingerprint density at radius 1 is 1.23 bits per heavy atom. The van der Waals surface area contributed by atoms with Gasteiger partial charge in [0.1, 0.15) is 0 Å². The molecule has 7 nitrogen and oxygen atoms in total. The Morgan fingerprint density at radius 3 is 2.77 bits per heavy atom. The summed E-state index contributed by atoms with van der Waals surface area (Å²) in [5.41, 5.74) is 1.66. The molecule has 2 amide bonds. The minimum Gasteiger partial charge on any atom is -0.334 e. The van der Waals surface area contributed by atoms with Gasteiger partial charge in [0.25, 0.3) is 0 Å². The first-order chi connectivity index (χ1) is 10.4. The van der Waals surface area contributed by atoms with Gasteiger partial charge in [-0.1, -0.05) is 0 Å². The van der Waals surface area contributed by atoms with Gasteiger partial charge in [-0.25, -0.2) is 13.2 Å². The fourth-order valence-corrected chi connectivity index (χ4v) is 4.82. The molecular formula is C14H19N3O4S. The van der Waals surface area contributed by atoms with Crippen LogP contribution >= 0.6 is 0 Å². The van der Waals surface area contributed by atoms with Crippen LogP contribution in [-0.2, 0) is 16.3 Å². The van der Waals surface area contributed by atoms with Crippen LogP contribution in [0.15, 0.2) is 16.9 Å². The maximum Gasteiger partial charge on any atom is 0.315 e. The molecule has 0 aromatic carbocycles. The molecule has 2 aliphatic rings. The molecule has 8 heteroatoms. The summed E-state index contributed by atoms with van der Waals surface area (Å²) >= 11 is 0. The third-order valence-corrected chi connectivity index (χ3v) is 5.97. The van der Waals surface area contributed by atoms with Gasteiger partial charge in [-0.2, -0.15) is 0 Å². The fraction of sp³-hybridized carbons (Fsp3) is 0.571. The predicted molar refractivity (Wildman–Crippen MR) is 81.5 cm³/mol. The molecule has 3 N–H and O–H groups in total. The zero-order valence-corrected chi connectivity index (χ0v) is 12.9. The molecular weight excluding hydrogens is 306 g/mol. The van der Waals surface area contributed by atoms with Gasteiger partial charge in [0.2, 0.25) is 5.56 Å². The molecule has 22 heavy (non-hydrogen) atoms. The van der Waals surface area contributed by atoms with Gasteiger partial charge in [-0.05, 0) is 37.3 Å². The molecule has 0 spiro atoms. The highest BCUT2D eigenvalue weighted by molar-refractivity contribution is 7.91. The summed E-state index contributed by atoms with van der Waals surface area (Å²) in [6.45, 7) is 0. The lowest BCUT2D eigenvalue weighted by Gasteiger charge is -2.26. The molecule has 3 rings (SSSR count). The van der Waals surface area contributed by atoms with Crippen LogP contribution in [0.25, 0.3) is 0 Å². The first kappa shape index (κ1) is 15.1. The van der Waals surface area contributed by atoms with Crippen molar-refractivity contribution in [1.82, 2.24) is 15.6 Å². The summed E-state index contributed by atoms with van der Waals surface area (Å²) in [6.07, 6.45) is 2.95. The maximum atomic E-state index is 12.1. The van der Waals surface area contributed by atoms with E-state index in [2.05, 4.69) is 15.6 Å². The number of carbonyl (C=O) groups is 1. The van der Waals surface area contributed by atoms with Gasteiger partial charge >= 0.3 is 6.03 Å². The largest absolute Gasteiger partial charge is 0.334 e. The van der Waals surface area contributed by atoms with E-state index in [0.29, 0.717) is 6.42 Å². The quantitative estimate of drug-likeness (QED) is 0.723. The van der Waals surface area contributed by atoms with E-state index in [-0.39, 0.29) is 35.2 Å². The molecule has 0 bridgehead atoms. The summed E-state index contributed by atoms with van der Waals surface area (Å²) < 4.78 is 22.8. The first-order valence-corrected chi connectivity index (χ1v) is 9.25. The molecule has 2 heterocycles. The molecule has 1 aliphatic heterocycles. The lowest BCUT2D eigenvalue weighted by molar-refractivity contribution is 0.232. The van der Waals surface area contributed by atoms with Crippen LogP contribution in [-0.4, -0.2) is 37.0 Å². The van der Waals surface area contributed by atoms with Gasteiger partial charge in [0.15, 0.2) is 9.84 Å². The van der Waals surface area contributed by atoms with E-state index >= 15 is 0 Å². The minimum atomic E-state index is -3.01. The van der Waals surface area contributed by atoms with E-state index in [0.717, 1.165) is 30.5 Å². The number of amides is 2. The average molecular weight is 325 g/mol. The van der Waals surface area contributed by atoms with Crippen molar-refractivity contribution in [3.63, 3.8) is 0 Å². The Balaban J connectivity index is 1.65. The van der Waals surface area contributed by atoms with Crippen LogP contribution in [0.2, 0.25) is 0 Å². The van der Waals surface area contributed by atoms with Crippen molar-refractivity contribution in [1.29, 1.82) is 0 Å².